The van der Waals surface area contributed by atoms with Crippen LogP contribution in [0.15, 0.2) is 0 Å². The van der Waals surface area contributed by atoms with Crippen molar-refractivity contribution >= 4 is 59.8 Å². The lowest BCUT2D eigenvalue weighted by Gasteiger charge is -2.27. The van der Waals surface area contributed by atoms with Gasteiger partial charge in [-0.1, -0.05) is 0 Å². The van der Waals surface area contributed by atoms with E-state index in [0.29, 0.717) is 12.5 Å². The zero-order chi connectivity index (χ0) is 30.1. The summed E-state index contributed by atoms with van der Waals surface area (Å²) in [6.45, 7) is -0.343. The summed E-state index contributed by atoms with van der Waals surface area (Å²) in [7, 11) is -24.9. The quantitative estimate of drug-likeness (QED) is 0.331. The van der Waals surface area contributed by atoms with Crippen LogP contribution in [0.4, 0.5) is 17.6 Å². The van der Waals surface area contributed by atoms with Gasteiger partial charge in [0.25, 0.3) is 0 Å². The van der Waals surface area contributed by atoms with Crippen molar-refractivity contribution in [1.82, 2.24) is 0 Å². The van der Waals surface area contributed by atoms with Gasteiger partial charge in [-0.25, -0.2) is 50.5 Å². The van der Waals surface area contributed by atoms with E-state index in [1.54, 1.807) is 0 Å². The lowest BCUT2D eigenvalue weighted by atomic mass is 10.9. The molecule has 0 aliphatic carbocycles. The number of halogens is 4. The minimum Gasteiger partial charge on any atom is -0.437 e. The van der Waals surface area contributed by atoms with Gasteiger partial charge in [0.15, 0.2) is 9.84 Å². The highest BCUT2D eigenvalue weighted by atomic mass is 32.3. The molecular weight excluding hydrogens is 625 g/mol. The van der Waals surface area contributed by atoms with Crippen LogP contribution in [-0.4, -0.2) is 103 Å². The van der Waals surface area contributed by atoms with Crippen LogP contribution in [0.5, 0.6) is 0 Å². The van der Waals surface area contributed by atoms with Gasteiger partial charge in [0.1, 0.15) is 35.8 Å². The van der Waals surface area contributed by atoms with Crippen LogP contribution in [0.25, 0.3) is 8.25 Å². The Morgan fingerprint density at radius 3 is 0.800 bits per heavy atom. The summed E-state index contributed by atoms with van der Waals surface area (Å²) in [6, 6.07) is 0. The number of hydrogen-bond donors (Lipinski definition) is 1. The average Bonchev–Trinajstić information content (AvgIpc) is 2.38. The fourth-order valence-corrected chi connectivity index (χ4v) is 4.55. The van der Waals surface area contributed by atoms with Crippen molar-refractivity contribution in [2.24, 2.45) is 0 Å². The predicted octanol–water partition coefficient (Wildman–Crippen LogP) is -0.834. The highest BCUT2D eigenvalue weighted by molar-refractivity contribution is 8.13. The second-order valence-corrected chi connectivity index (χ2v) is 18.2. The molecule has 15 nitrogen and oxygen atoms in total. The van der Waals surface area contributed by atoms with Gasteiger partial charge in [-0.05, 0) is 0 Å². The molecule has 0 fully saturated rings. The summed E-state index contributed by atoms with van der Waals surface area (Å²) in [6.07, 6.45) is 4.72. The van der Waals surface area contributed by atoms with Gasteiger partial charge in [0, 0.05) is 45.1 Å². The lowest BCUT2D eigenvalue weighted by molar-refractivity contribution is 0.113. The number of aliphatic hydroxyl groups is 1. The van der Waals surface area contributed by atoms with Crippen LogP contribution in [0.2, 0.25) is 0 Å². The van der Waals surface area contributed by atoms with E-state index in [-0.39, 0.29) is 13.8 Å². The molecule has 0 unspecified atom stereocenters. The Balaban J connectivity index is -0.000000204. The predicted molar refractivity (Wildman–Crippen MR) is 118 cm³/mol. The molecule has 0 amide bonds. The summed E-state index contributed by atoms with van der Waals surface area (Å²) in [5, 5.41) is -1.26. The molecule has 0 rings (SSSR count). The van der Waals surface area contributed by atoms with Crippen LogP contribution < -0.4 is 0 Å². The van der Waals surface area contributed by atoms with Gasteiger partial charge in [-0.15, -0.1) is 0 Å². The van der Waals surface area contributed by atoms with Gasteiger partial charge in [-0.2, -0.15) is 17.6 Å². The Morgan fingerprint density at radius 2 is 0.743 bits per heavy atom. The van der Waals surface area contributed by atoms with Gasteiger partial charge < -0.3 is 13.4 Å². The number of aliphatic hydroxyl groups excluding tert-OH is 1. The first-order valence-electron chi connectivity index (χ1n) is 7.54. The van der Waals surface area contributed by atoms with E-state index in [2.05, 4.69) is 4.13 Å². The first kappa shape index (κ1) is 41.4. The third kappa shape index (κ3) is 31.3. The molecule has 0 aliphatic rings. The van der Waals surface area contributed by atoms with Crippen LogP contribution in [-0.2, 0) is 59.8 Å². The number of alkyl halides is 4. The highest BCUT2D eigenvalue weighted by Crippen LogP contribution is 2.34. The average molecular weight is 649 g/mol. The Bertz CT molecular complexity index is 1230. The van der Waals surface area contributed by atoms with E-state index in [1.165, 1.54) is 4.13 Å². The molecule has 0 bridgehead atoms. The van der Waals surface area contributed by atoms with Crippen molar-refractivity contribution < 1.29 is 73.2 Å². The standard InChI is InChI=1S/C4H6F4NO4S2.C2H6NO4S2.C2H6O3S.C2H6O2S/c1-3(5,6)14(10,11)9-15(12,13)4(2,7)8;1-8(4,5)3-9(2,6)7;1-6(4,5)2-3;1-5(2,3)4/h1-2H3;1-2H3;3H,2H2,1H3;1-2H3/q2*-1;;. The molecule has 1 N–H and O–H groups in total. The summed E-state index contributed by atoms with van der Waals surface area (Å²) < 4.78 is 174. The van der Waals surface area contributed by atoms with Gasteiger partial charge in [0.2, 0.25) is 0 Å². The van der Waals surface area contributed by atoms with Crippen LogP contribution in [0, 0.1) is 0 Å². The third-order valence-electron chi connectivity index (χ3n) is 1.61. The van der Waals surface area contributed by atoms with Crippen molar-refractivity contribution in [1.29, 1.82) is 0 Å². The van der Waals surface area contributed by atoms with Crippen molar-refractivity contribution in [3.8, 4) is 0 Å². The molecule has 0 atom stereocenters. The minimum atomic E-state index is -5.81. The molecule has 0 aromatic carbocycles. The molecule has 218 valence electrons. The zero-order valence-corrected chi connectivity index (χ0v) is 23.8. The lowest BCUT2D eigenvalue weighted by Crippen LogP contribution is -2.31. The molecule has 35 heavy (non-hydrogen) atoms. The van der Waals surface area contributed by atoms with E-state index in [1.807, 2.05) is 0 Å². The minimum absolute atomic E-state index is 0.171. The van der Waals surface area contributed by atoms with E-state index in [0.717, 1.165) is 18.8 Å². The zero-order valence-electron chi connectivity index (χ0n) is 18.9. The largest absolute Gasteiger partial charge is 0.437 e. The molecule has 0 aromatic heterocycles. The molecule has 0 radical (unpaired) electrons. The normalized spacial score (nSPS) is 13.7. The second-order valence-electron chi connectivity index (χ2n) is 6.38. The van der Waals surface area contributed by atoms with E-state index >= 15 is 0 Å². The van der Waals surface area contributed by atoms with E-state index in [4.69, 9.17) is 5.11 Å². The maximum atomic E-state index is 12.2. The van der Waals surface area contributed by atoms with Crippen LogP contribution >= 0.6 is 0 Å². The molecule has 0 heterocycles. The van der Waals surface area contributed by atoms with Gasteiger partial charge >= 0.3 is 10.5 Å². The van der Waals surface area contributed by atoms with Crippen molar-refractivity contribution in [2.45, 2.75) is 24.4 Å². The Hall–Kier alpha value is -0.700. The fraction of sp³-hybridized carbons (Fsp3) is 1.00. The van der Waals surface area contributed by atoms with Crippen molar-refractivity contribution in [3.05, 3.63) is 8.25 Å². The molecule has 0 saturated heterocycles. The van der Waals surface area contributed by atoms with Crippen molar-refractivity contribution in [2.75, 3.05) is 37.2 Å². The number of nitrogens with zero attached hydrogens (tertiary/aromatic N) is 2. The Morgan fingerprint density at radius 1 is 0.571 bits per heavy atom. The maximum absolute atomic E-state index is 12.2. The van der Waals surface area contributed by atoms with Crippen molar-refractivity contribution in [3.63, 3.8) is 0 Å². The molecule has 0 spiro atoms. The smallest absolute Gasteiger partial charge is 0.327 e. The molecular formula is C10H24F4N2O13S6-2. The number of hydrogen-bond acceptors (Lipinski definition) is 13. The van der Waals surface area contributed by atoms with Gasteiger partial charge in [-0.3, -0.25) is 0 Å². The summed E-state index contributed by atoms with van der Waals surface area (Å²) >= 11 is 0. The highest BCUT2D eigenvalue weighted by Gasteiger charge is 2.40. The second kappa shape index (κ2) is 13.7. The molecule has 25 heteroatoms. The number of sulfonamides is 4. The fourth-order valence-electron chi connectivity index (χ4n) is 0.506. The van der Waals surface area contributed by atoms with Crippen LogP contribution in [0.3, 0.4) is 0 Å². The van der Waals surface area contributed by atoms with Crippen LogP contribution in [0.1, 0.15) is 13.8 Å². The summed E-state index contributed by atoms with van der Waals surface area (Å²) in [5.74, 6) is -0.757. The SMILES string of the molecule is CC(F)(F)S(=O)(=O)[N-]S(=O)(=O)C(C)(F)F.CS(=O)(=O)CO.CS(=O)(=O)[N-]S(C)(=O)=O.CS(C)(=O)=O. The van der Waals surface area contributed by atoms with Gasteiger partial charge in [0.05, 0.1) is 20.0 Å². The number of sulfone groups is 2. The Kier molecular flexibility index (Phi) is 16.3. The first-order valence-corrected chi connectivity index (χ1v) is 18.5. The summed E-state index contributed by atoms with van der Waals surface area (Å²) in [5.41, 5.74) is 0. The third-order valence-corrected chi connectivity index (χ3v) is 7.62. The molecule has 0 aliphatic heterocycles. The summed E-state index contributed by atoms with van der Waals surface area (Å²) in [4.78, 5) is 0. The number of rotatable bonds is 7. The van der Waals surface area contributed by atoms with E-state index < -0.39 is 76.2 Å². The van der Waals surface area contributed by atoms with E-state index in [9.17, 15) is 68.1 Å². The topological polar surface area (TPSA) is 253 Å². The Labute approximate surface area is 202 Å². The monoisotopic (exact) mass is 648 g/mol. The maximum Gasteiger partial charge on any atom is 0.327 e. The first-order chi connectivity index (χ1) is 14.5. The molecule has 0 saturated carbocycles. The molecule has 0 aromatic rings.